The number of hydrogen-bond donors (Lipinski definition) is 1. The molecule has 1 amide bonds. The highest BCUT2D eigenvalue weighted by Gasteiger charge is 2.28. The lowest BCUT2D eigenvalue weighted by Gasteiger charge is -2.30. The maximum absolute atomic E-state index is 12.9. The van der Waals surface area contributed by atoms with Crippen LogP contribution in [0.25, 0.3) is 11.0 Å². The molecule has 2 heterocycles. The molecule has 8 nitrogen and oxygen atoms in total. The normalized spacial score (nSPS) is 16.8. The van der Waals surface area contributed by atoms with Crippen LogP contribution < -0.4 is 15.8 Å². The number of nitrogens with one attached hydrogen (secondary N) is 1. The minimum Gasteiger partial charge on any atom is -0.422 e. The zero-order chi connectivity index (χ0) is 25.2. The average Bonchev–Trinajstić information content (AvgIpc) is 2.84. The van der Waals surface area contributed by atoms with Crippen molar-refractivity contribution in [1.29, 1.82) is 0 Å². The number of rotatable bonds is 7. The molecule has 0 unspecified atom stereocenters. The zero-order valence-corrected chi connectivity index (χ0v) is 21.1. The van der Waals surface area contributed by atoms with Gasteiger partial charge >= 0.3 is 5.63 Å². The minimum atomic E-state index is -3.58. The number of nitrogens with zero attached hydrogens (tertiary/aromatic N) is 2. The Kier molecular flexibility index (Phi) is 7.28. The predicted octanol–water partition coefficient (Wildman–Crippen LogP) is 4.31. The van der Waals surface area contributed by atoms with Crippen molar-refractivity contribution in [1.82, 2.24) is 4.31 Å². The monoisotopic (exact) mass is 497 g/mol. The molecule has 0 bridgehead atoms. The van der Waals surface area contributed by atoms with Crippen LogP contribution in [0.4, 0.5) is 11.4 Å². The van der Waals surface area contributed by atoms with Crippen molar-refractivity contribution in [2.24, 2.45) is 5.92 Å². The first-order valence-electron chi connectivity index (χ1n) is 12.0. The maximum atomic E-state index is 12.9. The van der Waals surface area contributed by atoms with Gasteiger partial charge in [-0.15, -0.1) is 0 Å². The Morgan fingerprint density at radius 1 is 1.11 bits per heavy atom. The van der Waals surface area contributed by atoms with Crippen LogP contribution in [-0.2, 0) is 10.0 Å². The van der Waals surface area contributed by atoms with Crippen molar-refractivity contribution >= 4 is 38.3 Å². The molecule has 0 spiro atoms. The number of carbonyl (C=O) groups excluding carboxylic acids is 1. The zero-order valence-electron chi connectivity index (χ0n) is 20.3. The van der Waals surface area contributed by atoms with Gasteiger partial charge in [-0.2, -0.15) is 4.31 Å². The number of hydrogen-bond acceptors (Lipinski definition) is 6. The fourth-order valence-corrected chi connectivity index (χ4v) is 6.06. The highest BCUT2D eigenvalue weighted by atomic mass is 32.2. The molecule has 9 heteroatoms. The van der Waals surface area contributed by atoms with Crippen LogP contribution in [0.2, 0.25) is 0 Å². The van der Waals surface area contributed by atoms with Gasteiger partial charge in [-0.25, -0.2) is 13.2 Å². The van der Waals surface area contributed by atoms with Crippen LogP contribution in [0.3, 0.4) is 0 Å². The Labute approximate surface area is 205 Å². The number of amides is 1. The standard InChI is InChI=1S/C26H31N3O5S/c1-4-28(5-2)21-11-8-19-15-23(26(31)34-24(19)16-21)25(30)27-20-9-12-22(13-10-20)35(32,33)29-14-6-7-18(3)17-29/h8-13,15-16,18H,4-7,14,17H2,1-3H3,(H,27,30)/t18-/m0/s1. The van der Waals surface area contributed by atoms with Crippen LogP contribution in [0.15, 0.2) is 62.6 Å². The number of sulfonamides is 1. The Morgan fingerprint density at radius 3 is 2.49 bits per heavy atom. The van der Waals surface area contributed by atoms with Crippen molar-refractivity contribution in [2.75, 3.05) is 36.4 Å². The molecule has 1 atom stereocenters. The summed E-state index contributed by atoms with van der Waals surface area (Å²) < 4.78 is 32.8. The Balaban J connectivity index is 1.52. The third-order valence-electron chi connectivity index (χ3n) is 6.46. The highest BCUT2D eigenvalue weighted by molar-refractivity contribution is 7.89. The molecule has 186 valence electrons. The van der Waals surface area contributed by atoms with Crippen molar-refractivity contribution in [3.63, 3.8) is 0 Å². The van der Waals surface area contributed by atoms with Crippen LogP contribution in [0.5, 0.6) is 0 Å². The first-order valence-corrected chi connectivity index (χ1v) is 13.4. The van der Waals surface area contributed by atoms with Crippen LogP contribution in [0.1, 0.15) is 44.0 Å². The first-order chi connectivity index (χ1) is 16.7. The lowest BCUT2D eigenvalue weighted by atomic mass is 10.0. The van der Waals surface area contributed by atoms with Gasteiger partial charge in [-0.05, 0) is 75.1 Å². The van der Waals surface area contributed by atoms with Crippen molar-refractivity contribution in [3.05, 3.63) is 64.5 Å². The lowest BCUT2D eigenvalue weighted by Crippen LogP contribution is -2.39. The van der Waals surface area contributed by atoms with E-state index in [-0.39, 0.29) is 10.5 Å². The molecule has 35 heavy (non-hydrogen) atoms. The second kappa shape index (κ2) is 10.2. The topological polar surface area (TPSA) is 99.9 Å². The number of fused-ring (bicyclic) bond motifs is 1. The summed E-state index contributed by atoms with van der Waals surface area (Å²) in [7, 11) is -3.58. The quantitative estimate of drug-likeness (QED) is 0.488. The first kappa shape index (κ1) is 24.9. The molecule has 2 aromatic carbocycles. The second-order valence-electron chi connectivity index (χ2n) is 8.93. The van der Waals surface area contributed by atoms with Crippen LogP contribution >= 0.6 is 0 Å². The third-order valence-corrected chi connectivity index (χ3v) is 8.34. The number of carbonyl (C=O) groups is 1. The molecule has 4 rings (SSSR count). The molecular formula is C26H31N3O5S. The molecule has 0 saturated carbocycles. The number of benzene rings is 2. The van der Waals surface area contributed by atoms with Crippen LogP contribution in [0, 0.1) is 5.92 Å². The molecule has 1 aromatic heterocycles. The second-order valence-corrected chi connectivity index (χ2v) is 10.9. The molecule has 0 radical (unpaired) electrons. The largest absolute Gasteiger partial charge is 0.422 e. The predicted molar refractivity (Wildman–Crippen MR) is 138 cm³/mol. The SMILES string of the molecule is CCN(CC)c1ccc2cc(C(=O)Nc3ccc(S(=O)(=O)N4CCC[C@H](C)C4)cc3)c(=O)oc2c1. The summed E-state index contributed by atoms with van der Waals surface area (Å²) in [5, 5.41) is 3.30. The summed E-state index contributed by atoms with van der Waals surface area (Å²) >= 11 is 0. The Morgan fingerprint density at radius 2 is 1.83 bits per heavy atom. The molecule has 1 aliphatic heterocycles. The van der Waals surface area contributed by atoms with Gasteiger partial charge in [-0.1, -0.05) is 6.92 Å². The smallest absolute Gasteiger partial charge is 0.349 e. The van der Waals surface area contributed by atoms with Gasteiger partial charge in [0.1, 0.15) is 11.1 Å². The van der Waals surface area contributed by atoms with E-state index in [4.69, 9.17) is 4.42 Å². The van der Waals surface area contributed by atoms with Gasteiger partial charge in [0, 0.05) is 49.0 Å². The van der Waals surface area contributed by atoms with E-state index in [1.165, 1.54) is 34.6 Å². The summed E-state index contributed by atoms with van der Waals surface area (Å²) in [6.45, 7) is 8.82. The van der Waals surface area contributed by atoms with Gasteiger partial charge in [0.15, 0.2) is 0 Å². The fraction of sp³-hybridized carbons (Fsp3) is 0.385. The van der Waals surface area contributed by atoms with Gasteiger partial charge in [-0.3, -0.25) is 4.79 Å². The lowest BCUT2D eigenvalue weighted by molar-refractivity contribution is 0.102. The third kappa shape index (κ3) is 5.26. The van der Waals surface area contributed by atoms with E-state index >= 15 is 0 Å². The van der Waals surface area contributed by atoms with E-state index in [9.17, 15) is 18.0 Å². The van der Waals surface area contributed by atoms with E-state index in [1.807, 2.05) is 32.9 Å². The number of anilines is 2. The summed E-state index contributed by atoms with van der Waals surface area (Å²) in [5.41, 5.74) is 0.893. The van der Waals surface area contributed by atoms with Crippen LogP contribution in [-0.4, -0.2) is 44.8 Å². The molecular weight excluding hydrogens is 466 g/mol. The molecule has 1 N–H and O–H groups in total. The highest BCUT2D eigenvalue weighted by Crippen LogP contribution is 2.25. The van der Waals surface area contributed by atoms with E-state index in [1.54, 1.807) is 6.07 Å². The van der Waals surface area contributed by atoms with Crippen molar-refractivity contribution in [2.45, 2.75) is 38.5 Å². The molecule has 0 aliphatic carbocycles. The molecule has 1 saturated heterocycles. The summed E-state index contributed by atoms with van der Waals surface area (Å²) in [6, 6.07) is 13.1. The van der Waals surface area contributed by atoms with E-state index in [2.05, 4.69) is 10.2 Å². The van der Waals surface area contributed by atoms with Crippen molar-refractivity contribution < 1.29 is 17.6 Å². The molecule has 1 fully saturated rings. The van der Waals surface area contributed by atoms with Gasteiger partial charge in [0.2, 0.25) is 10.0 Å². The van der Waals surface area contributed by atoms with Crippen molar-refractivity contribution in [3.8, 4) is 0 Å². The van der Waals surface area contributed by atoms with Gasteiger partial charge < -0.3 is 14.6 Å². The van der Waals surface area contributed by atoms with E-state index in [0.717, 1.165) is 31.6 Å². The Hall–Kier alpha value is -3.17. The van der Waals surface area contributed by atoms with Gasteiger partial charge in [0.25, 0.3) is 5.91 Å². The molecule has 1 aliphatic rings. The minimum absolute atomic E-state index is 0.118. The molecule has 3 aromatic rings. The summed E-state index contributed by atoms with van der Waals surface area (Å²) in [5.74, 6) is -0.288. The Bertz CT molecular complexity index is 1380. The maximum Gasteiger partial charge on any atom is 0.349 e. The van der Waals surface area contributed by atoms with E-state index in [0.29, 0.717) is 35.7 Å². The van der Waals surface area contributed by atoms with Gasteiger partial charge in [0.05, 0.1) is 4.90 Å². The average molecular weight is 498 g/mol. The fourth-order valence-electron chi connectivity index (χ4n) is 4.47. The number of piperidine rings is 1. The van der Waals surface area contributed by atoms with E-state index < -0.39 is 21.6 Å². The summed E-state index contributed by atoms with van der Waals surface area (Å²) in [6.07, 6.45) is 1.87. The summed E-state index contributed by atoms with van der Waals surface area (Å²) in [4.78, 5) is 27.7.